The van der Waals surface area contributed by atoms with Gasteiger partial charge >= 0.3 is 6.03 Å². The van der Waals surface area contributed by atoms with Gasteiger partial charge in [0, 0.05) is 51.7 Å². The van der Waals surface area contributed by atoms with Crippen LogP contribution < -0.4 is 5.32 Å². The SMILES string of the molecule is CN(C(=O)C1CCN(C(=O)N2CCCC2)CC1)C1CCNC1. The number of urea groups is 1. The van der Waals surface area contributed by atoms with E-state index in [2.05, 4.69) is 5.32 Å². The molecule has 0 aliphatic carbocycles. The number of rotatable bonds is 2. The molecule has 1 atom stereocenters. The van der Waals surface area contributed by atoms with Crippen LogP contribution in [-0.4, -0.2) is 79.0 Å². The highest BCUT2D eigenvalue weighted by Gasteiger charge is 2.33. The number of nitrogens with zero attached hydrogens (tertiary/aromatic N) is 3. The molecule has 3 rings (SSSR count). The third-order valence-corrected chi connectivity index (χ3v) is 5.42. The van der Waals surface area contributed by atoms with Crippen molar-refractivity contribution in [3.63, 3.8) is 0 Å². The Morgan fingerprint density at radius 3 is 2.23 bits per heavy atom. The second-order valence-electron chi connectivity index (χ2n) is 6.83. The highest BCUT2D eigenvalue weighted by atomic mass is 16.2. The van der Waals surface area contributed by atoms with Gasteiger partial charge < -0.3 is 20.0 Å². The predicted octanol–water partition coefficient (Wildman–Crippen LogP) is 0.735. The fourth-order valence-corrected chi connectivity index (χ4v) is 3.86. The number of nitrogens with one attached hydrogen (secondary N) is 1. The highest BCUT2D eigenvalue weighted by molar-refractivity contribution is 5.80. The van der Waals surface area contributed by atoms with Crippen LogP contribution in [0.15, 0.2) is 0 Å². The van der Waals surface area contributed by atoms with Crippen LogP contribution in [0.25, 0.3) is 0 Å². The topological polar surface area (TPSA) is 55.9 Å². The van der Waals surface area contributed by atoms with Crippen molar-refractivity contribution in [2.24, 2.45) is 5.92 Å². The first-order valence-corrected chi connectivity index (χ1v) is 8.68. The van der Waals surface area contributed by atoms with Gasteiger partial charge in [-0.15, -0.1) is 0 Å². The molecule has 1 unspecified atom stereocenters. The van der Waals surface area contributed by atoms with Crippen LogP contribution in [0.4, 0.5) is 4.79 Å². The number of carbonyl (C=O) groups excluding carboxylic acids is 2. The van der Waals surface area contributed by atoms with Crippen LogP contribution in [0, 0.1) is 5.92 Å². The van der Waals surface area contributed by atoms with Crippen LogP contribution in [0.5, 0.6) is 0 Å². The lowest BCUT2D eigenvalue weighted by Gasteiger charge is -2.36. The van der Waals surface area contributed by atoms with Gasteiger partial charge in [-0.25, -0.2) is 4.79 Å². The fraction of sp³-hybridized carbons (Fsp3) is 0.875. The maximum absolute atomic E-state index is 12.6. The third-order valence-electron chi connectivity index (χ3n) is 5.42. The predicted molar refractivity (Wildman–Crippen MR) is 84.5 cm³/mol. The summed E-state index contributed by atoms with van der Waals surface area (Å²) in [7, 11) is 1.93. The lowest BCUT2D eigenvalue weighted by atomic mass is 9.95. The van der Waals surface area contributed by atoms with E-state index in [0.717, 1.165) is 71.4 Å². The summed E-state index contributed by atoms with van der Waals surface area (Å²) in [4.78, 5) is 30.8. The smallest absolute Gasteiger partial charge is 0.319 e. The zero-order valence-corrected chi connectivity index (χ0v) is 13.6. The zero-order chi connectivity index (χ0) is 15.5. The van der Waals surface area contributed by atoms with Gasteiger partial charge in [-0.1, -0.05) is 0 Å². The van der Waals surface area contributed by atoms with Crippen molar-refractivity contribution in [2.75, 3.05) is 46.3 Å². The third kappa shape index (κ3) is 3.21. The molecule has 0 aromatic carbocycles. The quantitative estimate of drug-likeness (QED) is 0.818. The number of amides is 3. The van der Waals surface area contributed by atoms with E-state index < -0.39 is 0 Å². The van der Waals surface area contributed by atoms with Gasteiger partial charge in [-0.2, -0.15) is 0 Å². The van der Waals surface area contributed by atoms with Crippen LogP contribution in [0.2, 0.25) is 0 Å². The Morgan fingerprint density at radius 1 is 1.00 bits per heavy atom. The Morgan fingerprint density at radius 2 is 1.64 bits per heavy atom. The van der Waals surface area contributed by atoms with E-state index in [9.17, 15) is 9.59 Å². The summed E-state index contributed by atoms with van der Waals surface area (Å²) in [6.07, 6.45) is 4.92. The van der Waals surface area contributed by atoms with Gasteiger partial charge in [0.2, 0.25) is 5.91 Å². The van der Waals surface area contributed by atoms with E-state index in [4.69, 9.17) is 0 Å². The Hall–Kier alpha value is -1.30. The van der Waals surface area contributed by atoms with E-state index >= 15 is 0 Å². The van der Waals surface area contributed by atoms with Gasteiger partial charge in [-0.3, -0.25) is 4.79 Å². The van der Waals surface area contributed by atoms with E-state index in [1.807, 2.05) is 21.7 Å². The van der Waals surface area contributed by atoms with Crippen molar-refractivity contribution in [2.45, 2.75) is 38.1 Å². The monoisotopic (exact) mass is 308 g/mol. The molecule has 0 aromatic heterocycles. The van der Waals surface area contributed by atoms with Crippen molar-refractivity contribution in [1.82, 2.24) is 20.0 Å². The number of likely N-dealkylation sites (N-methyl/N-ethyl adjacent to an activating group) is 1. The summed E-state index contributed by atoms with van der Waals surface area (Å²) >= 11 is 0. The van der Waals surface area contributed by atoms with E-state index in [1.54, 1.807) is 0 Å². The van der Waals surface area contributed by atoms with Gasteiger partial charge in [0.05, 0.1) is 0 Å². The molecular weight excluding hydrogens is 280 g/mol. The van der Waals surface area contributed by atoms with Gasteiger partial charge in [0.1, 0.15) is 0 Å². The maximum atomic E-state index is 12.6. The molecule has 6 nitrogen and oxygen atoms in total. The van der Waals surface area contributed by atoms with Crippen molar-refractivity contribution >= 4 is 11.9 Å². The Bertz CT molecular complexity index is 408. The average Bonchev–Trinajstić information content (AvgIpc) is 3.26. The molecule has 0 saturated carbocycles. The van der Waals surface area contributed by atoms with E-state index in [1.165, 1.54) is 0 Å². The Kier molecular flexibility index (Phi) is 4.86. The Labute approximate surface area is 132 Å². The zero-order valence-electron chi connectivity index (χ0n) is 13.6. The maximum Gasteiger partial charge on any atom is 0.319 e. The molecule has 22 heavy (non-hydrogen) atoms. The first-order chi connectivity index (χ1) is 10.7. The lowest BCUT2D eigenvalue weighted by molar-refractivity contribution is -0.137. The first-order valence-electron chi connectivity index (χ1n) is 8.68. The van der Waals surface area contributed by atoms with E-state index in [-0.39, 0.29) is 17.9 Å². The van der Waals surface area contributed by atoms with Crippen LogP contribution in [0.3, 0.4) is 0 Å². The molecule has 0 spiro atoms. The summed E-state index contributed by atoms with van der Waals surface area (Å²) in [5.41, 5.74) is 0. The van der Waals surface area contributed by atoms with Crippen molar-refractivity contribution in [1.29, 1.82) is 0 Å². The minimum atomic E-state index is 0.0910. The standard InChI is InChI=1S/C16H28N4O2/c1-18(14-4-7-17-12-14)15(21)13-5-10-20(11-6-13)16(22)19-8-2-3-9-19/h13-14,17H,2-12H2,1H3. The summed E-state index contributed by atoms with van der Waals surface area (Å²) in [5, 5.41) is 3.31. The van der Waals surface area contributed by atoms with Crippen molar-refractivity contribution in [3.05, 3.63) is 0 Å². The van der Waals surface area contributed by atoms with Gasteiger partial charge in [0.25, 0.3) is 0 Å². The average molecular weight is 308 g/mol. The molecule has 3 aliphatic heterocycles. The lowest BCUT2D eigenvalue weighted by Crippen LogP contribution is -2.49. The molecule has 0 aromatic rings. The van der Waals surface area contributed by atoms with Crippen molar-refractivity contribution < 1.29 is 9.59 Å². The second kappa shape index (κ2) is 6.86. The van der Waals surface area contributed by atoms with Crippen LogP contribution in [0.1, 0.15) is 32.1 Å². The van der Waals surface area contributed by atoms with Crippen LogP contribution >= 0.6 is 0 Å². The summed E-state index contributed by atoms with van der Waals surface area (Å²) in [5.74, 6) is 0.357. The minimum absolute atomic E-state index is 0.0910. The fourth-order valence-electron chi connectivity index (χ4n) is 3.86. The first kappa shape index (κ1) is 15.6. The molecule has 6 heteroatoms. The molecule has 124 valence electrons. The number of likely N-dealkylation sites (tertiary alicyclic amines) is 2. The number of piperidine rings is 1. The summed E-state index contributed by atoms with van der Waals surface area (Å²) in [6, 6.07) is 0.522. The Balaban J connectivity index is 1.48. The number of hydrogen-bond donors (Lipinski definition) is 1. The molecule has 0 radical (unpaired) electrons. The summed E-state index contributed by atoms with van der Waals surface area (Å²) in [6.45, 7) is 5.16. The molecule has 3 amide bonds. The molecule has 1 N–H and O–H groups in total. The second-order valence-corrected chi connectivity index (χ2v) is 6.83. The van der Waals surface area contributed by atoms with Gasteiger partial charge in [-0.05, 0) is 38.6 Å². The highest BCUT2D eigenvalue weighted by Crippen LogP contribution is 2.23. The molecular formula is C16H28N4O2. The molecule has 3 saturated heterocycles. The van der Waals surface area contributed by atoms with E-state index in [0.29, 0.717) is 6.04 Å². The molecule has 3 fully saturated rings. The number of hydrogen-bond acceptors (Lipinski definition) is 3. The van der Waals surface area contributed by atoms with Crippen LogP contribution in [-0.2, 0) is 4.79 Å². The molecule has 0 bridgehead atoms. The normalized spacial score (nSPS) is 26.5. The summed E-state index contributed by atoms with van der Waals surface area (Å²) < 4.78 is 0. The molecule has 3 heterocycles. The largest absolute Gasteiger partial charge is 0.341 e. The minimum Gasteiger partial charge on any atom is -0.341 e. The van der Waals surface area contributed by atoms with Crippen molar-refractivity contribution in [3.8, 4) is 0 Å². The molecule has 3 aliphatic rings. The van der Waals surface area contributed by atoms with Gasteiger partial charge in [0.15, 0.2) is 0 Å². The number of carbonyl (C=O) groups is 2.